The molecule has 0 aromatic carbocycles. The molecule has 0 aromatic heterocycles. The topological polar surface area (TPSA) is 20.2 Å². The summed E-state index contributed by atoms with van der Waals surface area (Å²) in [6.45, 7) is 0. The number of aliphatic hydroxyl groups excluding tert-OH is 1. The largest absolute Gasteiger partial charge is 0.486 e. The smallest absolute Gasteiger partial charge is 0.415 e. The Morgan fingerprint density at radius 3 is 1.75 bits per heavy atom. The first-order chi connectivity index (χ1) is 3.42. The molecule has 1 nitrogen and oxygen atoms in total. The molecular weight excluding hydrogens is 128 g/mol. The Kier molecular flexibility index (Phi) is 1.83. The van der Waals surface area contributed by atoms with Crippen LogP contribution in [-0.4, -0.2) is 11.3 Å². The van der Waals surface area contributed by atoms with Crippen LogP contribution in [0.1, 0.15) is 0 Å². The van der Waals surface area contributed by atoms with E-state index in [2.05, 4.69) is 0 Å². The summed E-state index contributed by atoms with van der Waals surface area (Å²) in [6.07, 6.45) is -5.61. The van der Waals surface area contributed by atoms with E-state index < -0.39 is 18.3 Å². The minimum absolute atomic E-state index is 0.840. The lowest BCUT2D eigenvalue weighted by Gasteiger charge is -1.94. The van der Waals surface area contributed by atoms with Crippen LogP contribution in [0.3, 0.4) is 0 Å². The summed E-state index contributed by atoms with van der Waals surface area (Å²) in [7, 11) is 0. The third-order valence-electron chi connectivity index (χ3n) is 0.283. The first-order valence-corrected chi connectivity index (χ1v) is 1.56. The molecule has 48 valence electrons. The Bertz CT molecular complexity index is 98.3. The van der Waals surface area contributed by atoms with Crippen LogP contribution >= 0.6 is 0 Å². The molecule has 0 saturated carbocycles. The molecule has 0 aliphatic heterocycles. The fourth-order valence-corrected chi connectivity index (χ4v) is 0.135. The zero-order chi connectivity index (χ0) is 6.78. The molecule has 0 radical (unpaired) electrons. The molecule has 0 aliphatic rings. The van der Waals surface area contributed by atoms with Gasteiger partial charge in [-0.2, -0.15) is 17.6 Å². The maximum atomic E-state index is 10.9. The number of rotatable bonds is 0. The van der Waals surface area contributed by atoms with Gasteiger partial charge in [-0.1, -0.05) is 0 Å². The summed E-state index contributed by atoms with van der Waals surface area (Å²) >= 11 is 0. The van der Waals surface area contributed by atoms with E-state index in [4.69, 9.17) is 5.11 Å². The van der Waals surface area contributed by atoms with Gasteiger partial charge in [-0.3, -0.25) is 0 Å². The SMILES string of the molecule is O/C(F)=C/C(F)(F)F. The molecule has 0 saturated heterocycles. The number of hydrogen-bond acceptors (Lipinski definition) is 1. The van der Waals surface area contributed by atoms with Crippen molar-refractivity contribution >= 4 is 0 Å². The number of alkyl halides is 3. The molecule has 0 rings (SSSR count). The molecule has 0 aromatic rings. The van der Waals surface area contributed by atoms with Crippen LogP contribution in [0.25, 0.3) is 0 Å². The van der Waals surface area contributed by atoms with Gasteiger partial charge in [-0.25, -0.2) is 0 Å². The van der Waals surface area contributed by atoms with Crippen molar-refractivity contribution in [2.24, 2.45) is 0 Å². The second kappa shape index (κ2) is 2.02. The molecule has 0 spiro atoms. The normalized spacial score (nSPS) is 14.2. The molecule has 0 amide bonds. The van der Waals surface area contributed by atoms with E-state index in [9.17, 15) is 17.6 Å². The minimum Gasteiger partial charge on any atom is -0.486 e. The fraction of sp³-hybridized carbons (Fsp3) is 0.333. The van der Waals surface area contributed by atoms with Crippen LogP contribution in [0.15, 0.2) is 12.1 Å². The first-order valence-electron chi connectivity index (χ1n) is 1.56. The highest BCUT2D eigenvalue weighted by molar-refractivity contribution is 4.86. The van der Waals surface area contributed by atoms with Crippen molar-refractivity contribution in [1.29, 1.82) is 0 Å². The van der Waals surface area contributed by atoms with Gasteiger partial charge < -0.3 is 5.11 Å². The highest BCUT2D eigenvalue weighted by Gasteiger charge is 2.24. The predicted octanol–water partition coefficient (Wildman–Crippen LogP) is 1.92. The highest BCUT2D eigenvalue weighted by atomic mass is 19.4. The van der Waals surface area contributed by atoms with Crippen LogP contribution in [-0.2, 0) is 0 Å². The first kappa shape index (κ1) is 7.26. The van der Waals surface area contributed by atoms with E-state index in [1.807, 2.05) is 0 Å². The van der Waals surface area contributed by atoms with E-state index in [0.717, 1.165) is 0 Å². The molecule has 0 atom stereocenters. The van der Waals surface area contributed by atoms with Crippen molar-refractivity contribution in [2.75, 3.05) is 0 Å². The lowest BCUT2D eigenvalue weighted by Crippen LogP contribution is -2.01. The number of allylic oxidation sites excluding steroid dienone is 1. The second-order valence-corrected chi connectivity index (χ2v) is 1.01. The van der Waals surface area contributed by atoms with E-state index in [1.165, 1.54) is 0 Å². The van der Waals surface area contributed by atoms with Gasteiger partial charge in [0, 0.05) is 0 Å². The standard InChI is InChI=1S/C3H2F4O/c4-2(8)1-3(5,6)7/h1,8H/b2-1+. The fourth-order valence-electron chi connectivity index (χ4n) is 0.135. The average Bonchev–Trinajstić information content (AvgIpc) is 1.21. The van der Waals surface area contributed by atoms with E-state index in [1.54, 1.807) is 0 Å². The van der Waals surface area contributed by atoms with Gasteiger partial charge >= 0.3 is 6.18 Å². The van der Waals surface area contributed by atoms with Gasteiger partial charge in [-0.15, -0.1) is 0 Å². The third-order valence-corrected chi connectivity index (χ3v) is 0.283. The van der Waals surface area contributed by atoms with Crippen LogP contribution in [0.4, 0.5) is 17.6 Å². The Morgan fingerprint density at radius 1 is 1.38 bits per heavy atom. The molecule has 0 fully saturated rings. The quantitative estimate of drug-likeness (QED) is 0.392. The Morgan fingerprint density at radius 2 is 1.75 bits per heavy atom. The van der Waals surface area contributed by atoms with Crippen molar-refractivity contribution in [2.45, 2.75) is 6.18 Å². The van der Waals surface area contributed by atoms with E-state index in [-0.39, 0.29) is 0 Å². The van der Waals surface area contributed by atoms with Crippen molar-refractivity contribution < 1.29 is 22.7 Å². The van der Waals surface area contributed by atoms with Gasteiger partial charge in [0.05, 0.1) is 6.08 Å². The Hall–Kier alpha value is -0.740. The zero-order valence-electron chi connectivity index (χ0n) is 3.54. The molecule has 0 bridgehead atoms. The zero-order valence-corrected chi connectivity index (χ0v) is 3.54. The highest BCUT2D eigenvalue weighted by Crippen LogP contribution is 2.17. The van der Waals surface area contributed by atoms with Crippen molar-refractivity contribution in [3.05, 3.63) is 12.1 Å². The Balaban J connectivity index is 3.89. The van der Waals surface area contributed by atoms with Gasteiger partial charge in [0.15, 0.2) is 0 Å². The number of aliphatic hydroxyl groups is 1. The van der Waals surface area contributed by atoms with Crippen molar-refractivity contribution in [3.63, 3.8) is 0 Å². The van der Waals surface area contributed by atoms with Crippen molar-refractivity contribution in [3.8, 4) is 0 Å². The maximum absolute atomic E-state index is 10.9. The van der Waals surface area contributed by atoms with Gasteiger partial charge in [0.25, 0.3) is 6.01 Å². The minimum atomic E-state index is -4.77. The number of halogens is 4. The molecule has 1 N–H and O–H groups in total. The lowest BCUT2D eigenvalue weighted by atomic mass is 10.6. The molecule has 0 aliphatic carbocycles. The summed E-state index contributed by atoms with van der Waals surface area (Å²) in [5.74, 6) is 0. The van der Waals surface area contributed by atoms with Crippen LogP contribution in [0.5, 0.6) is 0 Å². The van der Waals surface area contributed by atoms with E-state index >= 15 is 0 Å². The maximum Gasteiger partial charge on any atom is 0.415 e. The van der Waals surface area contributed by atoms with Crippen LogP contribution < -0.4 is 0 Å². The molecular formula is C3H2F4O. The van der Waals surface area contributed by atoms with Crippen molar-refractivity contribution in [1.82, 2.24) is 0 Å². The average molecular weight is 130 g/mol. The summed E-state index contributed by atoms with van der Waals surface area (Å²) in [6, 6.07) is -2.22. The summed E-state index contributed by atoms with van der Waals surface area (Å²) in [5, 5.41) is 7.36. The molecule has 0 heterocycles. The molecule has 0 unspecified atom stereocenters. The van der Waals surface area contributed by atoms with Gasteiger partial charge in [-0.05, 0) is 0 Å². The Labute approximate surface area is 42.2 Å². The predicted molar refractivity (Wildman–Crippen MR) is 17.9 cm³/mol. The summed E-state index contributed by atoms with van der Waals surface area (Å²) < 4.78 is 43.4. The van der Waals surface area contributed by atoms with Crippen LogP contribution in [0.2, 0.25) is 0 Å². The summed E-state index contributed by atoms with van der Waals surface area (Å²) in [4.78, 5) is 0. The third kappa shape index (κ3) is 5.26. The van der Waals surface area contributed by atoms with Gasteiger partial charge in [0.1, 0.15) is 0 Å². The second-order valence-electron chi connectivity index (χ2n) is 1.01. The van der Waals surface area contributed by atoms with E-state index in [0.29, 0.717) is 0 Å². The summed E-state index contributed by atoms with van der Waals surface area (Å²) in [5.41, 5.74) is 0. The van der Waals surface area contributed by atoms with Crippen LogP contribution in [0, 0.1) is 0 Å². The molecule has 5 heteroatoms. The van der Waals surface area contributed by atoms with Gasteiger partial charge in [0.2, 0.25) is 0 Å². The number of hydrogen-bond donors (Lipinski definition) is 1. The monoisotopic (exact) mass is 130 g/mol. The lowest BCUT2D eigenvalue weighted by molar-refractivity contribution is -0.0837. The molecule has 8 heavy (non-hydrogen) atoms.